The molecule has 1 aromatic rings. The zero-order chi connectivity index (χ0) is 19.1. The molecule has 1 amide bonds. The molecule has 0 spiro atoms. The average Bonchev–Trinajstić information content (AvgIpc) is 2.59. The van der Waals surface area contributed by atoms with Gasteiger partial charge in [0.25, 0.3) is 0 Å². The molecule has 2 N–H and O–H groups in total. The Balaban J connectivity index is 0. The van der Waals surface area contributed by atoms with Crippen LogP contribution in [0.5, 0.6) is 5.75 Å². The van der Waals surface area contributed by atoms with Crippen molar-refractivity contribution in [2.75, 3.05) is 7.11 Å². The van der Waals surface area contributed by atoms with Gasteiger partial charge in [-0.1, -0.05) is 39.8 Å². The Morgan fingerprint density at radius 3 is 2.00 bits per heavy atom. The molecular weight excluding hydrogens is 310 g/mol. The number of hydrogen-bond donors (Lipinski definition) is 2. The number of aromatic hydroxyl groups is 1. The number of esters is 1. The van der Waals surface area contributed by atoms with E-state index >= 15 is 0 Å². The van der Waals surface area contributed by atoms with Crippen molar-refractivity contribution in [2.45, 2.75) is 60.1 Å². The minimum Gasteiger partial charge on any atom is -0.508 e. The minimum absolute atomic E-state index is 0.135. The van der Waals surface area contributed by atoms with Crippen LogP contribution >= 0.6 is 0 Å². The predicted molar refractivity (Wildman–Crippen MR) is 95.1 cm³/mol. The van der Waals surface area contributed by atoms with Crippen LogP contribution in [0.25, 0.3) is 0 Å². The van der Waals surface area contributed by atoms with E-state index in [1.54, 1.807) is 26.0 Å². The molecule has 1 atom stereocenters. The Morgan fingerprint density at radius 1 is 1.08 bits per heavy atom. The number of benzene rings is 1. The van der Waals surface area contributed by atoms with Crippen molar-refractivity contribution >= 4 is 12.1 Å². The number of nitrogens with one attached hydrogen (secondary N) is 1. The molecule has 0 fully saturated rings. The van der Waals surface area contributed by atoms with Gasteiger partial charge in [-0.2, -0.15) is 0 Å². The minimum atomic E-state index is -0.839. The SMILES string of the molecule is CC.CC.COC(=O)N[C@H](Cc1ccc(O)cc1)C(=O)OC(C)C. The van der Waals surface area contributed by atoms with Crippen LogP contribution in [0.4, 0.5) is 4.79 Å². The monoisotopic (exact) mass is 341 g/mol. The van der Waals surface area contributed by atoms with Crippen LogP contribution in [0.2, 0.25) is 0 Å². The van der Waals surface area contributed by atoms with Gasteiger partial charge in [-0.25, -0.2) is 9.59 Å². The van der Waals surface area contributed by atoms with Gasteiger partial charge in [0.05, 0.1) is 13.2 Å². The van der Waals surface area contributed by atoms with Crippen LogP contribution in [0, 0.1) is 0 Å². The van der Waals surface area contributed by atoms with Crippen molar-refractivity contribution < 1.29 is 24.2 Å². The molecule has 0 aromatic heterocycles. The first-order chi connectivity index (χ1) is 11.4. The third kappa shape index (κ3) is 10.5. The lowest BCUT2D eigenvalue weighted by Gasteiger charge is -2.18. The first-order valence-electron chi connectivity index (χ1n) is 8.25. The van der Waals surface area contributed by atoms with Gasteiger partial charge in [0, 0.05) is 6.42 Å². The highest BCUT2D eigenvalue weighted by Gasteiger charge is 2.24. The molecule has 0 saturated carbocycles. The van der Waals surface area contributed by atoms with Gasteiger partial charge in [0.15, 0.2) is 0 Å². The standard InChI is InChI=1S/C14H19NO5.2C2H6/c1-9(2)20-13(17)12(15-14(18)19-3)8-10-4-6-11(16)7-5-10;2*1-2/h4-7,9,12,16H,8H2,1-3H3,(H,15,18);2*1-2H3/t12-;;/m1../s1. The summed E-state index contributed by atoms with van der Waals surface area (Å²) in [5.41, 5.74) is 0.782. The summed E-state index contributed by atoms with van der Waals surface area (Å²) in [5, 5.41) is 11.7. The van der Waals surface area contributed by atoms with Gasteiger partial charge in [0.1, 0.15) is 11.8 Å². The summed E-state index contributed by atoms with van der Waals surface area (Å²) in [6, 6.07) is 5.53. The molecule has 0 saturated heterocycles. The zero-order valence-electron chi connectivity index (χ0n) is 15.8. The summed E-state index contributed by atoms with van der Waals surface area (Å²) in [7, 11) is 1.22. The van der Waals surface area contributed by atoms with E-state index in [0.717, 1.165) is 5.56 Å². The molecule has 1 rings (SSSR count). The summed E-state index contributed by atoms with van der Waals surface area (Å²) in [6.45, 7) is 11.5. The number of hydrogen-bond acceptors (Lipinski definition) is 5. The lowest BCUT2D eigenvalue weighted by Crippen LogP contribution is -2.44. The average molecular weight is 341 g/mol. The molecule has 0 aliphatic carbocycles. The highest BCUT2D eigenvalue weighted by Crippen LogP contribution is 2.12. The number of phenols is 1. The number of alkyl carbamates (subject to hydrolysis) is 1. The molecule has 6 heteroatoms. The second-order valence-electron chi connectivity index (χ2n) is 4.54. The lowest BCUT2D eigenvalue weighted by molar-refractivity contribution is -0.149. The van der Waals surface area contributed by atoms with E-state index in [2.05, 4.69) is 10.1 Å². The fourth-order valence-corrected chi connectivity index (χ4v) is 1.58. The molecule has 24 heavy (non-hydrogen) atoms. The fourth-order valence-electron chi connectivity index (χ4n) is 1.58. The van der Waals surface area contributed by atoms with Gasteiger partial charge < -0.3 is 19.9 Å². The molecule has 1 aromatic carbocycles. The third-order valence-corrected chi connectivity index (χ3v) is 2.49. The number of methoxy groups -OCH3 is 1. The maximum absolute atomic E-state index is 11.9. The summed E-state index contributed by atoms with van der Waals surface area (Å²) >= 11 is 0. The number of carbonyl (C=O) groups is 2. The molecule has 0 unspecified atom stereocenters. The quantitative estimate of drug-likeness (QED) is 0.798. The van der Waals surface area contributed by atoms with Gasteiger partial charge >= 0.3 is 12.1 Å². The van der Waals surface area contributed by atoms with E-state index in [9.17, 15) is 14.7 Å². The van der Waals surface area contributed by atoms with Crippen LogP contribution < -0.4 is 5.32 Å². The molecule has 0 aliphatic heterocycles. The maximum Gasteiger partial charge on any atom is 0.407 e. The van der Waals surface area contributed by atoms with Crippen LogP contribution in [0.15, 0.2) is 24.3 Å². The second kappa shape index (κ2) is 14.4. The highest BCUT2D eigenvalue weighted by molar-refractivity contribution is 5.81. The van der Waals surface area contributed by atoms with E-state index in [4.69, 9.17) is 4.74 Å². The molecule has 6 nitrogen and oxygen atoms in total. The highest BCUT2D eigenvalue weighted by atomic mass is 16.6. The largest absolute Gasteiger partial charge is 0.508 e. The van der Waals surface area contributed by atoms with E-state index in [1.807, 2.05) is 27.7 Å². The van der Waals surface area contributed by atoms with Gasteiger partial charge in [-0.3, -0.25) is 0 Å². The van der Waals surface area contributed by atoms with Crippen molar-refractivity contribution in [1.82, 2.24) is 5.32 Å². The number of carbonyl (C=O) groups excluding carboxylic acids is 2. The summed E-state index contributed by atoms with van der Waals surface area (Å²) in [6.07, 6.45) is -0.722. The smallest absolute Gasteiger partial charge is 0.407 e. The van der Waals surface area contributed by atoms with Crippen molar-refractivity contribution in [3.8, 4) is 5.75 Å². The Bertz CT molecular complexity index is 457. The number of rotatable bonds is 5. The molecule has 0 bridgehead atoms. The Hall–Kier alpha value is -2.24. The van der Waals surface area contributed by atoms with Crippen molar-refractivity contribution in [2.24, 2.45) is 0 Å². The van der Waals surface area contributed by atoms with Gasteiger partial charge in [0.2, 0.25) is 0 Å². The number of amides is 1. The van der Waals surface area contributed by atoms with E-state index in [-0.39, 0.29) is 18.3 Å². The molecule has 0 aliphatic rings. The Kier molecular flexibility index (Phi) is 14.4. The van der Waals surface area contributed by atoms with E-state index < -0.39 is 18.1 Å². The van der Waals surface area contributed by atoms with Crippen molar-refractivity contribution in [3.63, 3.8) is 0 Å². The van der Waals surface area contributed by atoms with Crippen molar-refractivity contribution in [1.29, 1.82) is 0 Å². The zero-order valence-corrected chi connectivity index (χ0v) is 15.8. The Labute approximate surface area is 145 Å². The van der Waals surface area contributed by atoms with Crippen LogP contribution in [0.1, 0.15) is 47.1 Å². The van der Waals surface area contributed by atoms with E-state index in [0.29, 0.717) is 0 Å². The summed E-state index contributed by atoms with van der Waals surface area (Å²) in [4.78, 5) is 23.2. The molecule has 0 heterocycles. The van der Waals surface area contributed by atoms with Crippen LogP contribution in [0.3, 0.4) is 0 Å². The first-order valence-corrected chi connectivity index (χ1v) is 8.25. The maximum atomic E-state index is 11.9. The topological polar surface area (TPSA) is 84.9 Å². The third-order valence-electron chi connectivity index (χ3n) is 2.49. The second-order valence-corrected chi connectivity index (χ2v) is 4.54. The van der Waals surface area contributed by atoms with Crippen LogP contribution in [-0.2, 0) is 20.7 Å². The fraction of sp³-hybridized carbons (Fsp3) is 0.556. The Morgan fingerprint density at radius 2 is 1.58 bits per heavy atom. The summed E-state index contributed by atoms with van der Waals surface area (Å²) in [5.74, 6) is -0.394. The number of phenolic OH excluding ortho intramolecular Hbond substituents is 1. The normalized spacial score (nSPS) is 10.3. The molecular formula is C18H31NO5. The van der Waals surface area contributed by atoms with Crippen molar-refractivity contribution in [3.05, 3.63) is 29.8 Å². The number of ether oxygens (including phenoxy) is 2. The van der Waals surface area contributed by atoms with Gasteiger partial charge in [-0.15, -0.1) is 0 Å². The first kappa shape index (κ1) is 24.0. The lowest BCUT2D eigenvalue weighted by atomic mass is 10.1. The summed E-state index contributed by atoms with van der Waals surface area (Å²) < 4.78 is 9.59. The molecule has 138 valence electrons. The molecule has 0 radical (unpaired) electrons. The van der Waals surface area contributed by atoms with Gasteiger partial charge in [-0.05, 0) is 31.5 Å². The van der Waals surface area contributed by atoms with E-state index in [1.165, 1.54) is 19.2 Å². The predicted octanol–water partition coefficient (Wildman–Crippen LogP) is 3.66. The van der Waals surface area contributed by atoms with Crippen LogP contribution in [-0.4, -0.2) is 36.4 Å².